The Balaban J connectivity index is 2.32. The number of rotatable bonds is 1. The van der Waals surface area contributed by atoms with Crippen molar-refractivity contribution in [3.8, 4) is 0 Å². The van der Waals surface area contributed by atoms with E-state index in [0.717, 1.165) is 0 Å². The van der Waals surface area contributed by atoms with E-state index in [9.17, 15) is 4.79 Å². The molecule has 0 aromatic rings. The van der Waals surface area contributed by atoms with Crippen molar-refractivity contribution in [2.45, 2.75) is 5.50 Å². The molecule has 0 aromatic heterocycles. The van der Waals surface area contributed by atoms with E-state index in [0.29, 0.717) is 5.75 Å². The van der Waals surface area contributed by atoms with Gasteiger partial charge in [-0.2, -0.15) is 0 Å². The van der Waals surface area contributed by atoms with Gasteiger partial charge in [-0.1, -0.05) is 0 Å². The highest BCUT2D eigenvalue weighted by Crippen LogP contribution is 2.09. The molecule has 1 saturated heterocycles. The van der Waals surface area contributed by atoms with E-state index in [1.54, 1.807) is 0 Å². The van der Waals surface area contributed by atoms with Crippen LogP contribution in [0.4, 0.5) is 0 Å². The number of thioether (sulfide) groups is 1. The average molecular weight is 133 g/mol. The minimum Gasteiger partial charge on any atom is -0.330 e. The third-order valence-electron chi connectivity index (χ3n) is 0.825. The monoisotopic (exact) mass is 133 g/mol. The van der Waals surface area contributed by atoms with Crippen LogP contribution in [0.2, 0.25) is 0 Å². The van der Waals surface area contributed by atoms with E-state index < -0.39 is 0 Å². The van der Waals surface area contributed by atoms with Gasteiger partial charge in [-0.15, -0.1) is 11.8 Å². The summed E-state index contributed by atoms with van der Waals surface area (Å²) in [5, 5.41) is 2.59. The lowest BCUT2D eigenvalue weighted by Crippen LogP contribution is -2.41. The van der Waals surface area contributed by atoms with Crippen LogP contribution in [0.3, 0.4) is 0 Å². The Morgan fingerprint density at radius 3 is 3.00 bits per heavy atom. The van der Waals surface area contributed by atoms with Gasteiger partial charge >= 0.3 is 0 Å². The summed E-state index contributed by atoms with van der Waals surface area (Å²) in [6.45, 7) is 0. The lowest BCUT2D eigenvalue weighted by molar-refractivity contribution is -0.118. The van der Waals surface area contributed by atoms with Crippen molar-refractivity contribution >= 4 is 17.7 Å². The van der Waals surface area contributed by atoms with Gasteiger partial charge in [0.2, 0.25) is 5.91 Å². The molecule has 0 aromatic carbocycles. The average Bonchev–Trinajstić information content (AvgIpc) is 2.14. The van der Waals surface area contributed by atoms with Gasteiger partial charge in [-0.25, -0.2) is 5.43 Å². The van der Waals surface area contributed by atoms with Crippen LogP contribution in [0.25, 0.3) is 0 Å². The topological polar surface area (TPSA) is 67.2 Å². The molecule has 1 aliphatic heterocycles. The molecular weight excluding hydrogens is 126 g/mol. The first-order valence-corrected chi connectivity index (χ1v) is 3.25. The summed E-state index contributed by atoms with van der Waals surface area (Å²) in [5.74, 6) is 5.56. The molecule has 1 rings (SSSR count). The van der Waals surface area contributed by atoms with E-state index >= 15 is 0 Å². The van der Waals surface area contributed by atoms with Crippen LogP contribution in [-0.4, -0.2) is 17.2 Å². The zero-order chi connectivity index (χ0) is 5.98. The highest BCUT2D eigenvalue weighted by Gasteiger charge is 2.18. The van der Waals surface area contributed by atoms with Crippen molar-refractivity contribution < 1.29 is 4.79 Å². The lowest BCUT2D eigenvalue weighted by Gasteiger charge is -2.03. The molecule has 4 N–H and O–H groups in total. The van der Waals surface area contributed by atoms with Gasteiger partial charge in [-0.3, -0.25) is 10.6 Å². The SMILES string of the molecule is NNC1NC(=O)CS1. The third-order valence-corrected chi connectivity index (χ3v) is 1.84. The van der Waals surface area contributed by atoms with Crippen LogP contribution >= 0.6 is 11.8 Å². The number of nitrogens with one attached hydrogen (secondary N) is 2. The van der Waals surface area contributed by atoms with Crippen molar-refractivity contribution in [1.82, 2.24) is 10.7 Å². The predicted octanol–water partition coefficient (Wildman–Crippen LogP) is -1.40. The Labute approximate surface area is 51.2 Å². The maximum atomic E-state index is 10.4. The molecule has 1 amide bonds. The van der Waals surface area contributed by atoms with Crippen molar-refractivity contribution in [1.29, 1.82) is 0 Å². The first-order chi connectivity index (χ1) is 3.83. The lowest BCUT2D eigenvalue weighted by atomic mass is 10.7. The fourth-order valence-corrected chi connectivity index (χ4v) is 1.19. The van der Waals surface area contributed by atoms with Crippen molar-refractivity contribution in [3.05, 3.63) is 0 Å². The fraction of sp³-hybridized carbons (Fsp3) is 0.667. The van der Waals surface area contributed by atoms with Gasteiger partial charge in [0.05, 0.1) is 5.75 Å². The molecule has 0 spiro atoms. The maximum absolute atomic E-state index is 10.4. The number of amides is 1. The van der Waals surface area contributed by atoms with Crippen LogP contribution in [0.1, 0.15) is 0 Å². The highest BCUT2D eigenvalue weighted by molar-refractivity contribution is 8.00. The smallest absolute Gasteiger partial charge is 0.232 e. The standard InChI is InChI=1S/C3H7N3OS/c4-6-3-5-2(7)1-8-3/h3,6H,1,4H2,(H,5,7). The normalized spacial score (nSPS) is 28.1. The molecule has 0 aliphatic carbocycles. The second-order valence-corrected chi connectivity index (χ2v) is 2.52. The van der Waals surface area contributed by atoms with Gasteiger partial charge < -0.3 is 5.32 Å². The number of hydrazine groups is 1. The zero-order valence-corrected chi connectivity index (χ0v) is 4.99. The minimum atomic E-state index is -0.0810. The number of hydrogen-bond acceptors (Lipinski definition) is 4. The molecule has 8 heavy (non-hydrogen) atoms. The Morgan fingerprint density at radius 2 is 2.75 bits per heavy atom. The maximum Gasteiger partial charge on any atom is 0.232 e. The first kappa shape index (κ1) is 5.87. The summed E-state index contributed by atoms with van der Waals surface area (Å²) in [7, 11) is 0. The minimum absolute atomic E-state index is 0.0398. The summed E-state index contributed by atoms with van der Waals surface area (Å²) < 4.78 is 0. The molecule has 1 heterocycles. The Morgan fingerprint density at radius 1 is 2.00 bits per heavy atom. The molecule has 46 valence electrons. The molecular formula is C3H7N3OS. The zero-order valence-electron chi connectivity index (χ0n) is 4.18. The number of hydrogen-bond donors (Lipinski definition) is 3. The van der Waals surface area contributed by atoms with Crippen LogP contribution < -0.4 is 16.6 Å². The third kappa shape index (κ3) is 1.12. The van der Waals surface area contributed by atoms with Gasteiger partial charge in [0.15, 0.2) is 0 Å². The van der Waals surface area contributed by atoms with Gasteiger partial charge in [0.1, 0.15) is 5.50 Å². The molecule has 1 aliphatic rings. The number of carbonyl (C=O) groups is 1. The Hall–Kier alpha value is -0.260. The summed E-state index contributed by atoms with van der Waals surface area (Å²) in [5.41, 5.74) is 2.34. The summed E-state index contributed by atoms with van der Waals surface area (Å²) >= 11 is 1.45. The van der Waals surface area contributed by atoms with E-state index in [2.05, 4.69) is 10.7 Å². The van der Waals surface area contributed by atoms with Crippen molar-refractivity contribution in [2.24, 2.45) is 5.84 Å². The molecule has 1 unspecified atom stereocenters. The molecule has 0 radical (unpaired) electrons. The van der Waals surface area contributed by atoms with Crippen molar-refractivity contribution in [3.63, 3.8) is 0 Å². The molecule has 4 nitrogen and oxygen atoms in total. The fourth-order valence-electron chi connectivity index (χ4n) is 0.478. The number of carbonyl (C=O) groups excluding carboxylic acids is 1. The second kappa shape index (κ2) is 2.34. The van der Waals surface area contributed by atoms with Gasteiger partial charge in [0, 0.05) is 0 Å². The molecule has 1 atom stereocenters. The van der Waals surface area contributed by atoms with Crippen LogP contribution in [0, 0.1) is 0 Å². The van der Waals surface area contributed by atoms with E-state index in [1.807, 2.05) is 0 Å². The summed E-state index contributed by atoms with van der Waals surface area (Å²) in [6, 6.07) is 0. The largest absolute Gasteiger partial charge is 0.330 e. The summed E-state index contributed by atoms with van der Waals surface area (Å²) in [4.78, 5) is 10.4. The van der Waals surface area contributed by atoms with E-state index in [1.165, 1.54) is 11.8 Å². The molecule has 0 saturated carbocycles. The molecule has 0 bridgehead atoms. The van der Waals surface area contributed by atoms with Crippen LogP contribution in [-0.2, 0) is 4.79 Å². The van der Waals surface area contributed by atoms with Gasteiger partial charge in [-0.05, 0) is 0 Å². The first-order valence-electron chi connectivity index (χ1n) is 2.20. The number of nitrogens with two attached hydrogens (primary N) is 1. The van der Waals surface area contributed by atoms with Crippen LogP contribution in [0.15, 0.2) is 0 Å². The summed E-state index contributed by atoms with van der Waals surface area (Å²) in [6.07, 6.45) is 0. The van der Waals surface area contributed by atoms with Gasteiger partial charge in [0.25, 0.3) is 0 Å². The van der Waals surface area contributed by atoms with E-state index in [-0.39, 0.29) is 11.4 Å². The predicted molar refractivity (Wildman–Crippen MR) is 31.7 cm³/mol. The molecule has 5 heteroatoms. The van der Waals surface area contributed by atoms with Crippen molar-refractivity contribution in [2.75, 3.05) is 5.75 Å². The van der Waals surface area contributed by atoms with E-state index in [4.69, 9.17) is 5.84 Å². The Bertz CT molecular complexity index is 107. The molecule has 1 fully saturated rings. The Kier molecular flexibility index (Phi) is 1.72. The highest BCUT2D eigenvalue weighted by atomic mass is 32.2. The quantitative estimate of drug-likeness (QED) is 0.304. The second-order valence-electron chi connectivity index (χ2n) is 1.43. The van der Waals surface area contributed by atoms with Crippen LogP contribution in [0.5, 0.6) is 0 Å².